The molecule has 25 heavy (non-hydrogen) atoms. The molecule has 4 nitrogen and oxygen atoms in total. The lowest BCUT2D eigenvalue weighted by Gasteiger charge is -2.30. The standard InChI is InChI=1S/C20H21NO3Si/c1-21-17-7-12-4-5-25(2,3)10-13(12)6-15(17)14-8-18-19(24-11-23-18)9-16(14)20(21)22/h6-9H,4-5,10-11H2,1-3H3. The van der Waals surface area contributed by atoms with Crippen LogP contribution < -0.4 is 15.0 Å². The van der Waals surface area contributed by atoms with Gasteiger partial charge < -0.3 is 14.0 Å². The van der Waals surface area contributed by atoms with Gasteiger partial charge in [-0.05, 0) is 47.9 Å². The van der Waals surface area contributed by atoms with Crippen LogP contribution in [-0.4, -0.2) is 19.4 Å². The highest BCUT2D eigenvalue weighted by Gasteiger charge is 2.28. The van der Waals surface area contributed by atoms with Crippen molar-refractivity contribution in [2.45, 2.75) is 31.6 Å². The highest BCUT2D eigenvalue weighted by molar-refractivity contribution is 6.77. The smallest absolute Gasteiger partial charge is 0.258 e. The van der Waals surface area contributed by atoms with E-state index in [1.165, 1.54) is 23.2 Å². The molecule has 2 aliphatic heterocycles. The fraction of sp³-hybridized carbons (Fsp3) is 0.350. The van der Waals surface area contributed by atoms with Crippen LogP contribution in [0.2, 0.25) is 19.1 Å². The number of fused-ring (bicyclic) bond motifs is 5. The molecule has 0 atom stereocenters. The molecule has 1 aromatic heterocycles. The molecule has 128 valence electrons. The lowest BCUT2D eigenvalue weighted by molar-refractivity contribution is 0.174. The van der Waals surface area contributed by atoms with Gasteiger partial charge in [-0.2, -0.15) is 0 Å². The van der Waals surface area contributed by atoms with E-state index < -0.39 is 8.07 Å². The van der Waals surface area contributed by atoms with Gasteiger partial charge in [0.15, 0.2) is 11.5 Å². The molecule has 5 heteroatoms. The average Bonchev–Trinajstić information content (AvgIpc) is 3.04. The number of rotatable bonds is 0. The predicted molar refractivity (Wildman–Crippen MR) is 103 cm³/mol. The fourth-order valence-corrected chi connectivity index (χ4v) is 6.76. The van der Waals surface area contributed by atoms with Gasteiger partial charge >= 0.3 is 0 Å². The third-order valence-electron chi connectivity index (χ3n) is 5.76. The van der Waals surface area contributed by atoms with Crippen molar-refractivity contribution in [1.82, 2.24) is 4.57 Å². The van der Waals surface area contributed by atoms with Crippen LogP contribution in [0.15, 0.2) is 29.1 Å². The highest BCUT2D eigenvalue weighted by Crippen LogP contribution is 2.39. The largest absolute Gasteiger partial charge is 0.454 e. The van der Waals surface area contributed by atoms with E-state index >= 15 is 0 Å². The lowest BCUT2D eigenvalue weighted by Crippen LogP contribution is -2.33. The summed E-state index contributed by atoms with van der Waals surface area (Å²) in [5.74, 6) is 1.39. The summed E-state index contributed by atoms with van der Waals surface area (Å²) < 4.78 is 12.8. The van der Waals surface area contributed by atoms with Crippen LogP contribution in [0.25, 0.3) is 21.7 Å². The fourth-order valence-electron chi connectivity index (χ4n) is 4.28. The molecule has 2 aromatic carbocycles. The van der Waals surface area contributed by atoms with E-state index in [-0.39, 0.29) is 12.4 Å². The van der Waals surface area contributed by atoms with E-state index in [9.17, 15) is 4.79 Å². The van der Waals surface area contributed by atoms with Gasteiger partial charge in [-0.3, -0.25) is 4.79 Å². The maximum absolute atomic E-state index is 12.9. The van der Waals surface area contributed by atoms with Gasteiger partial charge in [-0.1, -0.05) is 19.1 Å². The first-order valence-electron chi connectivity index (χ1n) is 8.81. The van der Waals surface area contributed by atoms with Crippen LogP contribution >= 0.6 is 0 Å². The number of nitrogens with zero attached hydrogens (tertiary/aromatic N) is 1. The van der Waals surface area contributed by atoms with E-state index in [0.29, 0.717) is 11.1 Å². The first-order valence-corrected chi connectivity index (χ1v) is 12.2. The van der Waals surface area contributed by atoms with Gasteiger partial charge in [0.1, 0.15) is 0 Å². The minimum Gasteiger partial charge on any atom is -0.454 e. The molecule has 0 N–H and O–H groups in total. The van der Waals surface area contributed by atoms with Crippen molar-refractivity contribution in [1.29, 1.82) is 0 Å². The molecule has 0 saturated heterocycles. The number of pyridine rings is 1. The van der Waals surface area contributed by atoms with Gasteiger partial charge in [0, 0.05) is 17.8 Å². The second-order valence-corrected chi connectivity index (χ2v) is 13.3. The molecular formula is C20H21NO3Si. The quantitative estimate of drug-likeness (QED) is 0.457. The third-order valence-corrected chi connectivity index (χ3v) is 8.70. The molecule has 0 saturated carbocycles. The highest BCUT2D eigenvalue weighted by atomic mass is 28.3. The molecule has 3 aromatic rings. The monoisotopic (exact) mass is 351 g/mol. The minimum atomic E-state index is -1.15. The molecule has 0 fully saturated rings. The molecule has 0 amide bonds. The van der Waals surface area contributed by atoms with Gasteiger partial charge in [-0.25, -0.2) is 0 Å². The van der Waals surface area contributed by atoms with Crippen molar-refractivity contribution < 1.29 is 9.47 Å². The van der Waals surface area contributed by atoms with Gasteiger partial charge in [0.2, 0.25) is 6.79 Å². The zero-order valence-electron chi connectivity index (χ0n) is 14.8. The van der Waals surface area contributed by atoms with Crippen molar-refractivity contribution in [3.05, 3.63) is 45.7 Å². The van der Waals surface area contributed by atoms with Crippen molar-refractivity contribution in [3.8, 4) is 11.5 Å². The second-order valence-electron chi connectivity index (χ2n) is 8.09. The Balaban J connectivity index is 1.89. The van der Waals surface area contributed by atoms with Crippen LogP contribution in [0, 0.1) is 0 Å². The Morgan fingerprint density at radius 1 is 0.960 bits per heavy atom. The maximum Gasteiger partial charge on any atom is 0.258 e. The van der Waals surface area contributed by atoms with Crippen molar-refractivity contribution >= 4 is 29.7 Å². The Hall–Kier alpha value is -2.27. The zero-order valence-corrected chi connectivity index (χ0v) is 15.8. The second kappa shape index (κ2) is 4.88. The number of aryl methyl sites for hydroxylation is 2. The summed E-state index contributed by atoms with van der Waals surface area (Å²) in [6.07, 6.45) is 1.14. The molecular weight excluding hydrogens is 330 g/mol. The first kappa shape index (κ1) is 15.0. The van der Waals surface area contributed by atoms with Gasteiger partial charge in [-0.15, -0.1) is 0 Å². The summed E-state index contributed by atoms with van der Waals surface area (Å²) in [4.78, 5) is 12.9. The third kappa shape index (κ3) is 2.15. The van der Waals surface area contributed by atoms with Crippen LogP contribution in [0.4, 0.5) is 0 Å². The summed E-state index contributed by atoms with van der Waals surface area (Å²) in [5.41, 5.74) is 3.91. The van der Waals surface area contributed by atoms with Crippen molar-refractivity contribution in [2.75, 3.05) is 6.79 Å². The van der Waals surface area contributed by atoms with Gasteiger partial charge in [0.25, 0.3) is 5.56 Å². The van der Waals surface area contributed by atoms with E-state index in [4.69, 9.17) is 9.47 Å². The molecule has 5 rings (SSSR count). The topological polar surface area (TPSA) is 40.5 Å². The summed E-state index contributed by atoms with van der Waals surface area (Å²) in [7, 11) is 0.713. The Bertz CT molecular complexity index is 1110. The Morgan fingerprint density at radius 3 is 2.44 bits per heavy atom. The summed E-state index contributed by atoms with van der Waals surface area (Å²) in [6.45, 7) is 5.16. The maximum atomic E-state index is 12.9. The number of hydrogen-bond acceptors (Lipinski definition) is 3. The summed E-state index contributed by atoms with van der Waals surface area (Å²) >= 11 is 0. The summed E-state index contributed by atoms with van der Waals surface area (Å²) in [5, 5.41) is 2.81. The molecule has 2 aliphatic rings. The SMILES string of the molecule is Cn1c(=O)c2cc3c(cc2c2cc4c(cc21)CC[Si](C)(C)C4)OCO3. The average molecular weight is 351 g/mol. The lowest BCUT2D eigenvalue weighted by atomic mass is 9.98. The van der Waals surface area contributed by atoms with Crippen LogP contribution in [-0.2, 0) is 19.5 Å². The van der Waals surface area contributed by atoms with E-state index in [2.05, 4.69) is 25.2 Å². The molecule has 0 spiro atoms. The Kier molecular flexibility index (Phi) is 2.93. The molecule has 0 bridgehead atoms. The molecule has 0 aliphatic carbocycles. The predicted octanol–water partition coefficient (Wildman–Crippen LogP) is 3.77. The number of benzene rings is 2. The zero-order chi connectivity index (χ0) is 17.3. The van der Waals surface area contributed by atoms with Crippen molar-refractivity contribution in [2.24, 2.45) is 7.05 Å². The molecule has 0 unspecified atom stereocenters. The number of hydrogen-bond donors (Lipinski definition) is 0. The number of ether oxygens (including phenoxy) is 2. The Morgan fingerprint density at radius 2 is 1.68 bits per heavy atom. The van der Waals surface area contributed by atoms with E-state index in [1.54, 1.807) is 4.57 Å². The van der Waals surface area contributed by atoms with E-state index in [1.807, 2.05) is 19.2 Å². The van der Waals surface area contributed by atoms with E-state index in [0.717, 1.165) is 28.5 Å². The number of aromatic nitrogens is 1. The van der Waals surface area contributed by atoms with Crippen LogP contribution in [0.1, 0.15) is 11.1 Å². The molecule has 3 heterocycles. The van der Waals surface area contributed by atoms with Crippen LogP contribution in [0.5, 0.6) is 11.5 Å². The Labute approximate surface area is 147 Å². The van der Waals surface area contributed by atoms with Crippen molar-refractivity contribution in [3.63, 3.8) is 0 Å². The normalized spacial score (nSPS) is 17.9. The first-order chi connectivity index (χ1) is 11.9. The molecule has 0 radical (unpaired) electrons. The van der Waals surface area contributed by atoms with Gasteiger partial charge in [0.05, 0.1) is 19.0 Å². The minimum absolute atomic E-state index is 0.0197. The summed E-state index contributed by atoms with van der Waals surface area (Å²) in [6, 6.07) is 10.9. The van der Waals surface area contributed by atoms with Crippen LogP contribution in [0.3, 0.4) is 0 Å².